The third-order valence-corrected chi connectivity index (χ3v) is 4.32. The largest absolute Gasteiger partial charge is 0.465 e. The average molecular weight is 374 g/mol. The van der Waals surface area contributed by atoms with Gasteiger partial charge < -0.3 is 9.30 Å². The summed E-state index contributed by atoms with van der Waals surface area (Å²) in [5.41, 5.74) is 0.954. The fourth-order valence-corrected chi connectivity index (χ4v) is 3.13. The molecule has 10 nitrogen and oxygen atoms in total. The van der Waals surface area contributed by atoms with Gasteiger partial charge in [0.15, 0.2) is 11.2 Å². The maximum absolute atomic E-state index is 13.0. The van der Waals surface area contributed by atoms with Crippen molar-refractivity contribution < 1.29 is 9.53 Å². The van der Waals surface area contributed by atoms with Gasteiger partial charge in [0.25, 0.3) is 5.56 Å². The topological polar surface area (TPSA) is 106 Å². The van der Waals surface area contributed by atoms with Crippen LogP contribution in [-0.4, -0.2) is 41.0 Å². The van der Waals surface area contributed by atoms with Crippen LogP contribution in [0.2, 0.25) is 0 Å². The molecule has 144 valence electrons. The first-order chi connectivity index (χ1) is 12.8. The van der Waals surface area contributed by atoms with Crippen LogP contribution in [0.5, 0.6) is 0 Å². The number of aryl methyl sites for hydroxylation is 4. The van der Waals surface area contributed by atoms with E-state index < -0.39 is 23.8 Å². The molecule has 0 saturated heterocycles. The molecule has 0 N–H and O–H groups in total. The van der Waals surface area contributed by atoms with Crippen molar-refractivity contribution in [3.05, 3.63) is 38.3 Å². The number of rotatable bonds is 5. The molecule has 0 fully saturated rings. The fourth-order valence-electron chi connectivity index (χ4n) is 3.13. The predicted molar refractivity (Wildman–Crippen MR) is 98.1 cm³/mol. The van der Waals surface area contributed by atoms with Crippen molar-refractivity contribution in [1.29, 1.82) is 0 Å². The molecular formula is C17H22N6O4. The third-order valence-electron chi connectivity index (χ3n) is 4.32. The van der Waals surface area contributed by atoms with Crippen LogP contribution >= 0.6 is 0 Å². The van der Waals surface area contributed by atoms with Crippen LogP contribution in [0, 0.1) is 13.8 Å². The highest BCUT2D eigenvalue weighted by Crippen LogP contribution is 2.17. The van der Waals surface area contributed by atoms with Gasteiger partial charge in [0.05, 0.1) is 12.3 Å². The smallest absolute Gasteiger partial charge is 0.333 e. The molecule has 10 heteroatoms. The van der Waals surface area contributed by atoms with Crippen LogP contribution in [0.25, 0.3) is 17.1 Å². The van der Waals surface area contributed by atoms with E-state index in [1.807, 2.05) is 26.8 Å². The molecule has 3 aromatic heterocycles. The Morgan fingerprint density at radius 1 is 1.19 bits per heavy atom. The maximum Gasteiger partial charge on any atom is 0.333 e. The summed E-state index contributed by atoms with van der Waals surface area (Å²) in [6, 6.07) is 1.90. The Labute approximate surface area is 154 Å². The first-order valence-corrected chi connectivity index (χ1v) is 8.69. The number of ether oxygens (including phenoxy) is 1. The second-order valence-electron chi connectivity index (χ2n) is 6.21. The molecule has 3 heterocycles. The normalized spacial score (nSPS) is 11.3. The standard InChI is InChI=1S/C17H22N6O4/c1-6-21-13-14(18-16(21)23-11(4)8-10(3)19-23)20(5)17(26)22(15(13)25)9-12(24)27-7-2/h8H,6-7,9H2,1-5H3. The first kappa shape index (κ1) is 18.6. The summed E-state index contributed by atoms with van der Waals surface area (Å²) in [5.74, 6) is -0.198. The number of esters is 1. The van der Waals surface area contributed by atoms with Crippen molar-refractivity contribution in [3.8, 4) is 5.95 Å². The molecular weight excluding hydrogens is 352 g/mol. The van der Waals surface area contributed by atoms with Gasteiger partial charge in [0.1, 0.15) is 6.54 Å². The van der Waals surface area contributed by atoms with E-state index in [0.29, 0.717) is 12.5 Å². The maximum atomic E-state index is 13.0. The summed E-state index contributed by atoms with van der Waals surface area (Å²) in [4.78, 5) is 41.9. The molecule has 0 spiro atoms. The highest BCUT2D eigenvalue weighted by Gasteiger charge is 2.22. The van der Waals surface area contributed by atoms with Crippen molar-refractivity contribution >= 4 is 17.1 Å². The summed E-state index contributed by atoms with van der Waals surface area (Å²) in [5, 5.41) is 4.42. The molecule has 3 aromatic rings. The second-order valence-corrected chi connectivity index (χ2v) is 6.21. The molecule has 0 aliphatic rings. The van der Waals surface area contributed by atoms with Gasteiger partial charge in [-0.15, -0.1) is 0 Å². The van der Waals surface area contributed by atoms with E-state index in [0.717, 1.165) is 16.0 Å². The minimum Gasteiger partial charge on any atom is -0.465 e. The second kappa shape index (κ2) is 6.86. The molecule has 0 unspecified atom stereocenters. The van der Waals surface area contributed by atoms with E-state index in [4.69, 9.17) is 4.74 Å². The molecule has 0 saturated carbocycles. The fraction of sp³-hybridized carbons (Fsp3) is 0.471. The van der Waals surface area contributed by atoms with E-state index in [-0.39, 0.29) is 17.8 Å². The van der Waals surface area contributed by atoms with Gasteiger partial charge in [0, 0.05) is 19.3 Å². The van der Waals surface area contributed by atoms with Crippen molar-refractivity contribution in [2.45, 2.75) is 40.8 Å². The monoisotopic (exact) mass is 374 g/mol. The predicted octanol–water partition coefficient (Wildman–Crippen LogP) is 0.282. The molecule has 27 heavy (non-hydrogen) atoms. The number of carbonyl (C=O) groups excluding carboxylic acids is 1. The van der Waals surface area contributed by atoms with Gasteiger partial charge in [-0.25, -0.2) is 14.0 Å². The number of imidazole rings is 1. The van der Waals surface area contributed by atoms with E-state index in [9.17, 15) is 14.4 Å². The Morgan fingerprint density at radius 2 is 1.89 bits per heavy atom. The zero-order valence-corrected chi connectivity index (χ0v) is 16.0. The van der Waals surface area contributed by atoms with Gasteiger partial charge in [0.2, 0.25) is 5.95 Å². The molecule has 0 aliphatic carbocycles. The Morgan fingerprint density at radius 3 is 2.44 bits per heavy atom. The van der Waals surface area contributed by atoms with Crippen molar-refractivity contribution in [1.82, 2.24) is 28.5 Å². The molecule has 0 atom stereocenters. The zero-order chi connectivity index (χ0) is 19.9. The van der Waals surface area contributed by atoms with Crippen molar-refractivity contribution in [2.75, 3.05) is 6.61 Å². The lowest BCUT2D eigenvalue weighted by atomic mass is 10.4. The quantitative estimate of drug-likeness (QED) is 0.594. The minimum absolute atomic E-state index is 0.172. The number of fused-ring (bicyclic) bond motifs is 1. The highest BCUT2D eigenvalue weighted by atomic mass is 16.5. The van der Waals surface area contributed by atoms with Gasteiger partial charge in [-0.05, 0) is 33.8 Å². The lowest BCUT2D eigenvalue weighted by Crippen LogP contribution is -2.41. The number of hydrogen-bond donors (Lipinski definition) is 0. The Hall–Kier alpha value is -3.17. The Balaban J connectivity index is 2.33. The van der Waals surface area contributed by atoms with Crippen molar-refractivity contribution in [2.24, 2.45) is 7.05 Å². The lowest BCUT2D eigenvalue weighted by Gasteiger charge is -2.09. The highest BCUT2D eigenvalue weighted by molar-refractivity contribution is 5.74. The van der Waals surface area contributed by atoms with Crippen molar-refractivity contribution in [3.63, 3.8) is 0 Å². The van der Waals surface area contributed by atoms with Crippen LogP contribution in [0.4, 0.5) is 0 Å². The minimum atomic E-state index is -0.641. The summed E-state index contributed by atoms with van der Waals surface area (Å²) >= 11 is 0. The van der Waals surface area contributed by atoms with Crippen LogP contribution in [0.1, 0.15) is 25.2 Å². The number of carbonyl (C=O) groups is 1. The van der Waals surface area contributed by atoms with Crippen LogP contribution in [0.15, 0.2) is 15.7 Å². The first-order valence-electron chi connectivity index (χ1n) is 8.69. The molecule has 0 aromatic carbocycles. The van der Waals surface area contributed by atoms with E-state index in [2.05, 4.69) is 10.1 Å². The third kappa shape index (κ3) is 2.96. The van der Waals surface area contributed by atoms with Crippen LogP contribution < -0.4 is 11.2 Å². The summed E-state index contributed by atoms with van der Waals surface area (Å²) in [6.07, 6.45) is 0. The molecule has 3 rings (SSSR count). The number of hydrogen-bond acceptors (Lipinski definition) is 6. The zero-order valence-electron chi connectivity index (χ0n) is 16.0. The average Bonchev–Trinajstić information content (AvgIpc) is 3.16. The number of nitrogens with zero attached hydrogens (tertiary/aromatic N) is 6. The lowest BCUT2D eigenvalue weighted by molar-refractivity contribution is -0.143. The summed E-state index contributed by atoms with van der Waals surface area (Å²) < 4.78 is 10.3. The Bertz CT molecular complexity index is 1150. The van der Waals surface area contributed by atoms with Gasteiger partial charge in [-0.3, -0.25) is 14.2 Å². The summed E-state index contributed by atoms with van der Waals surface area (Å²) in [7, 11) is 1.52. The molecule has 0 bridgehead atoms. The number of aromatic nitrogens is 6. The van der Waals surface area contributed by atoms with E-state index >= 15 is 0 Å². The van der Waals surface area contributed by atoms with Crippen LogP contribution in [-0.2, 0) is 29.7 Å². The van der Waals surface area contributed by atoms with E-state index in [1.54, 1.807) is 16.2 Å². The van der Waals surface area contributed by atoms with Gasteiger partial charge in [-0.1, -0.05) is 0 Å². The van der Waals surface area contributed by atoms with Gasteiger partial charge in [-0.2, -0.15) is 10.1 Å². The molecule has 0 amide bonds. The SMILES string of the molecule is CCOC(=O)Cn1c(=O)c2c(nc(-n3nc(C)cc3C)n2CC)n(C)c1=O. The molecule has 0 radical (unpaired) electrons. The van der Waals surface area contributed by atoms with Crippen LogP contribution in [0.3, 0.4) is 0 Å². The summed E-state index contributed by atoms with van der Waals surface area (Å²) in [6.45, 7) is 7.45. The van der Waals surface area contributed by atoms with E-state index in [1.165, 1.54) is 11.6 Å². The molecule has 0 aliphatic heterocycles. The Kier molecular flexibility index (Phi) is 4.73. The van der Waals surface area contributed by atoms with Gasteiger partial charge >= 0.3 is 11.7 Å².